The zero-order chi connectivity index (χ0) is 15.5. The molecular formula is C19H23NO. The summed E-state index contributed by atoms with van der Waals surface area (Å²) in [7, 11) is 0. The van der Waals surface area contributed by atoms with Crippen molar-refractivity contribution >= 4 is 5.78 Å². The third-order valence-electron chi connectivity index (χ3n) is 3.67. The topological polar surface area (TPSA) is 30.0 Å². The molecule has 0 aliphatic carbocycles. The van der Waals surface area contributed by atoms with Crippen LogP contribution in [-0.2, 0) is 18.3 Å². The average Bonchev–Trinajstić information content (AvgIpc) is 2.47. The minimum absolute atomic E-state index is 0.0360. The van der Waals surface area contributed by atoms with Gasteiger partial charge in [-0.25, -0.2) is 0 Å². The molecule has 0 bridgehead atoms. The Hall–Kier alpha value is -1.96. The lowest BCUT2D eigenvalue weighted by Crippen LogP contribution is -2.18. The minimum atomic E-state index is -0.0360. The molecule has 0 atom stereocenters. The molecule has 21 heavy (non-hydrogen) atoms. The van der Waals surface area contributed by atoms with E-state index in [-0.39, 0.29) is 11.2 Å². The van der Waals surface area contributed by atoms with Crippen molar-refractivity contribution in [3.8, 4) is 0 Å². The lowest BCUT2D eigenvalue weighted by atomic mass is 9.82. The van der Waals surface area contributed by atoms with Gasteiger partial charge in [-0.3, -0.25) is 9.78 Å². The summed E-state index contributed by atoms with van der Waals surface area (Å²) in [5.74, 6) is 0.136. The Morgan fingerprint density at radius 1 is 1.10 bits per heavy atom. The van der Waals surface area contributed by atoms with Gasteiger partial charge in [0.05, 0.1) is 6.42 Å². The van der Waals surface area contributed by atoms with Crippen molar-refractivity contribution in [3.63, 3.8) is 0 Å². The lowest BCUT2D eigenvalue weighted by Gasteiger charge is -2.22. The van der Waals surface area contributed by atoms with E-state index in [1.165, 1.54) is 5.56 Å². The summed E-state index contributed by atoms with van der Waals surface area (Å²) < 4.78 is 0. The zero-order valence-corrected chi connectivity index (χ0v) is 13.3. The van der Waals surface area contributed by atoms with Gasteiger partial charge in [0.1, 0.15) is 0 Å². The van der Waals surface area contributed by atoms with E-state index < -0.39 is 0 Å². The first kappa shape index (κ1) is 15.4. The van der Waals surface area contributed by atoms with E-state index in [0.717, 1.165) is 23.2 Å². The summed E-state index contributed by atoms with van der Waals surface area (Å²) in [5.41, 5.74) is 3.90. The van der Waals surface area contributed by atoms with Crippen molar-refractivity contribution in [1.29, 1.82) is 0 Å². The van der Waals surface area contributed by atoms with Gasteiger partial charge in [0, 0.05) is 17.5 Å². The molecule has 0 fully saturated rings. The normalized spacial score (nSPS) is 11.4. The van der Waals surface area contributed by atoms with Crippen molar-refractivity contribution in [2.45, 2.75) is 46.0 Å². The van der Waals surface area contributed by atoms with Crippen LogP contribution in [0.15, 0.2) is 42.6 Å². The maximum Gasteiger partial charge on any atom is 0.169 e. The predicted molar refractivity (Wildman–Crippen MR) is 86.8 cm³/mol. The van der Waals surface area contributed by atoms with Crippen LogP contribution in [0.4, 0.5) is 0 Å². The standard InChI is InChI=1S/C19H23NO/c1-5-14-10-11-15(20-13-14)12-18(21)16-8-6-7-9-17(16)19(2,3)4/h6-11,13H,5,12H2,1-4H3. The highest BCUT2D eigenvalue weighted by Gasteiger charge is 2.21. The minimum Gasteiger partial charge on any atom is -0.294 e. The van der Waals surface area contributed by atoms with E-state index in [4.69, 9.17) is 0 Å². The first-order valence-corrected chi connectivity index (χ1v) is 7.48. The number of aryl methyl sites for hydroxylation is 1. The molecule has 2 nitrogen and oxygen atoms in total. The van der Waals surface area contributed by atoms with E-state index in [2.05, 4.69) is 32.7 Å². The van der Waals surface area contributed by atoms with Crippen molar-refractivity contribution in [2.24, 2.45) is 0 Å². The van der Waals surface area contributed by atoms with Crippen LogP contribution in [0.2, 0.25) is 0 Å². The molecule has 0 spiro atoms. The second-order valence-electron chi connectivity index (χ2n) is 6.41. The Morgan fingerprint density at radius 2 is 1.81 bits per heavy atom. The highest BCUT2D eigenvalue weighted by Crippen LogP contribution is 2.26. The summed E-state index contributed by atoms with van der Waals surface area (Å²) in [5, 5.41) is 0. The maximum absolute atomic E-state index is 12.6. The number of hydrogen-bond acceptors (Lipinski definition) is 2. The molecule has 0 aliphatic rings. The Morgan fingerprint density at radius 3 is 2.38 bits per heavy atom. The second-order valence-corrected chi connectivity index (χ2v) is 6.41. The summed E-state index contributed by atoms with van der Waals surface area (Å²) in [6, 6.07) is 11.9. The molecule has 0 amide bonds. The Balaban J connectivity index is 2.24. The van der Waals surface area contributed by atoms with Gasteiger partial charge in [-0.05, 0) is 29.0 Å². The number of carbonyl (C=O) groups is 1. The van der Waals surface area contributed by atoms with Crippen LogP contribution in [-0.4, -0.2) is 10.8 Å². The van der Waals surface area contributed by atoms with Crippen LogP contribution >= 0.6 is 0 Å². The van der Waals surface area contributed by atoms with E-state index >= 15 is 0 Å². The van der Waals surface area contributed by atoms with E-state index in [1.807, 2.05) is 42.6 Å². The lowest BCUT2D eigenvalue weighted by molar-refractivity contribution is 0.0990. The van der Waals surface area contributed by atoms with Gasteiger partial charge in [-0.1, -0.05) is 58.0 Å². The van der Waals surface area contributed by atoms with Gasteiger partial charge in [0.25, 0.3) is 0 Å². The Bertz CT molecular complexity index is 621. The predicted octanol–water partition coefficient (Wildman–Crippen LogP) is 4.37. The Kier molecular flexibility index (Phi) is 4.56. The largest absolute Gasteiger partial charge is 0.294 e. The maximum atomic E-state index is 12.6. The van der Waals surface area contributed by atoms with Gasteiger partial charge >= 0.3 is 0 Å². The van der Waals surface area contributed by atoms with Crippen LogP contribution in [0.5, 0.6) is 0 Å². The fraction of sp³-hybridized carbons (Fsp3) is 0.368. The van der Waals surface area contributed by atoms with Crippen molar-refractivity contribution in [1.82, 2.24) is 4.98 Å². The average molecular weight is 281 g/mol. The molecule has 2 aromatic rings. The molecule has 2 heteroatoms. The number of pyridine rings is 1. The molecule has 0 saturated carbocycles. The van der Waals surface area contributed by atoms with E-state index in [0.29, 0.717) is 6.42 Å². The SMILES string of the molecule is CCc1ccc(CC(=O)c2ccccc2C(C)(C)C)nc1. The third kappa shape index (κ3) is 3.78. The molecule has 0 saturated heterocycles. The van der Waals surface area contributed by atoms with Gasteiger partial charge in [-0.2, -0.15) is 0 Å². The Labute approximate surface area is 127 Å². The van der Waals surface area contributed by atoms with Crippen LogP contribution < -0.4 is 0 Å². The molecule has 0 unspecified atom stereocenters. The van der Waals surface area contributed by atoms with Crippen molar-refractivity contribution < 1.29 is 4.79 Å². The van der Waals surface area contributed by atoms with Crippen molar-refractivity contribution in [2.75, 3.05) is 0 Å². The number of Topliss-reactive ketones (excluding diaryl/α,β-unsaturated/α-hetero) is 1. The molecular weight excluding hydrogens is 258 g/mol. The quantitative estimate of drug-likeness (QED) is 0.779. The molecule has 0 radical (unpaired) electrons. The van der Waals surface area contributed by atoms with Gasteiger partial charge in [0.2, 0.25) is 0 Å². The second kappa shape index (κ2) is 6.21. The number of aromatic nitrogens is 1. The summed E-state index contributed by atoms with van der Waals surface area (Å²) in [4.78, 5) is 17.0. The van der Waals surface area contributed by atoms with E-state index in [1.54, 1.807) is 0 Å². The first-order valence-electron chi connectivity index (χ1n) is 7.48. The molecule has 1 heterocycles. The van der Waals surface area contributed by atoms with Crippen LogP contribution in [0.3, 0.4) is 0 Å². The molecule has 110 valence electrons. The van der Waals surface area contributed by atoms with Crippen molar-refractivity contribution in [3.05, 3.63) is 65.0 Å². The van der Waals surface area contributed by atoms with E-state index in [9.17, 15) is 4.79 Å². The van der Waals surface area contributed by atoms with Crippen LogP contribution in [0, 0.1) is 0 Å². The molecule has 2 rings (SSSR count). The number of hydrogen-bond donors (Lipinski definition) is 0. The molecule has 0 aliphatic heterocycles. The first-order chi connectivity index (χ1) is 9.91. The number of benzene rings is 1. The molecule has 1 aromatic carbocycles. The summed E-state index contributed by atoms with van der Waals surface area (Å²) in [6.45, 7) is 8.50. The smallest absolute Gasteiger partial charge is 0.169 e. The van der Waals surface area contributed by atoms with Crippen LogP contribution in [0.25, 0.3) is 0 Å². The summed E-state index contributed by atoms with van der Waals surface area (Å²) in [6.07, 6.45) is 3.18. The van der Waals surface area contributed by atoms with Gasteiger partial charge in [-0.15, -0.1) is 0 Å². The molecule has 1 aromatic heterocycles. The highest BCUT2D eigenvalue weighted by molar-refractivity contribution is 5.99. The van der Waals surface area contributed by atoms with Gasteiger partial charge < -0.3 is 0 Å². The third-order valence-corrected chi connectivity index (χ3v) is 3.67. The van der Waals surface area contributed by atoms with Crippen LogP contribution in [0.1, 0.15) is 54.9 Å². The number of carbonyl (C=O) groups excluding carboxylic acids is 1. The zero-order valence-electron chi connectivity index (χ0n) is 13.3. The summed E-state index contributed by atoms with van der Waals surface area (Å²) >= 11 is 0. The fourth-order valence-corrected chi connectivity index (χ4v) is 2.41. The monoisotopic (exact) mass is 281 g/mol. The number of rotatable bonds is 4. The molecule has 0 N–H and O–H groups in total. The number of ketones is 1. The van der Waals surface area contributed by atoms with Gasteiger partial charge in [0.15, 0.2) is 5.78 Å². The highest BCUT2D eigenvalue weighted by atomic mass is 16.1. The number of nitrogens with zero attached hydrogens (tertiary/aromatic N) is 1. The fourth-order valence-electron chi connectivity index (χ4n) is 2.41.